The highest BCUT2D eigenvalue weighted by molar-refractivity contribution is 5.96. The molecule has 0 saturated heterocycles. The van der Waals surface area contributed by atoms with Crippen molar-refractivity contribution in [2.24, 2.45) is 17.8 Å². The van der Waals surface area contributed by atoms with Gasteiger partial charge in [0.1, 0.15) is 25.1 Å². The van der Waals surface area contributed by atoms with Crippen molar-refractivity contribution < 1.29 is 38.1 Å². The highest BCUT2D eigenvalue weighted by atomic mass is 16.7. The SMILES string of the molecule is C=CC(=O)OCCOCCOC(=O)Oc1ccc2cc(C(=O)OC3CC(C)CCC3C(C)C)ccc2c1. The third-order valence-electron chi connectivity index (χ3n) is 6.55. The van der Waals surface area contributed by atoms with Gasteiger partial charge in [0.15, 0.2) is 0 Å². The number of carbonyl (C=O) groups excluding carboxylic acids is 3. The lowest BCUT2D eigenvalue weighted by Crippen LogP contribution is -2.35. The average molecular weight is 513 g/mol. The molecule has 1 fully saturated rings. The van der Waals surface area contributed by atoms with Gasteiger partial charge in [-0.05, 0) is 65.6 Å². The van der Waals surface area contributed by atoms with Crippen LogP contribution in [0.3, 0.4) is 0 Å². The number of hydrogen-bond acceptors (Lipinski definition) is 8. The molecule has 0 aromatic heterocycles. The Morgan fingerprint density at radius 1 is 0.973 bits per heavy atom. The maximum Gasteiger partial charge on any atom is 0.513 e. The number of hydrogen-bond donors (Lipinski definition) is 0. The summed E-state index contributed by atoms with van der Waals surface area (Å²) < 4.78 is 26.2. The van der Waals surface area contributed by atoms with Gasteiger partial charge < -0.3 is 23.7 Å². The lowest BCUT2D eigenvalue weighted by molar-refractivity contribution is -0.139. The number of ether oxygens (including phenoxy) is 5. The Kier molecular flexibility index (Phi) is 10.5. The Morgan fingerprint density at radius 3 is 2.41 bits per heavy atom. The number of esters is 2. The second-order valence-electron chi connectivity index (χ2n) is 9.68. The fraction of sp³-hybridized carbons (Fsp3) is 0.483. The monoisotopic (exact) mass is 512 g/mol. The molecule has 3 rings (SSSR count). The van der Waals surface area contributed by atoms with Crippen molar-refractivity contribution in [2.75, 3.05) is 26.4 Å². The van der Waals surface area contributed by atoms with E-state index in [1.807, 2.05) is 0 Å². The summed E-state index contributed by atoms with van der Waals surface area (Å²) in [7, 11) is 0. The Hall–Kier alpha value is -3.39. The average Bonchev–Trinajstić information content (AvgIpc) is 2.87. The minimum absolute atomic E-state index is 0.00920. The van der Waals surface area contributed by atoms with Gasteiger partial charge in [-0.2, -0.15) is 0 Å². The van der Waals surface area contributed by atoms with Gasteiger partial charge in [0, 0.05) is 6.08 Å². The standard InChI is InChI=1S/C29H36O8/c1-5-27(30)34-14-12-33-13-15-35-29(32)36-24-10-9-21-17-23(8-7-22(21)18-24)28(31)37-26-16-20(4)6-11-25(26)19(2)3/h5,7-10,17-20,25-26H,1,6,11-16H2,2-4H3. The van der Waals surface area contributed by atoms with Crippen LogP contribution >= 0.6 is 0 Å². The second-order valence-corrected chi connectivity index (χ2v) is 9.68. The van der Waals surface area contributed by atoms with Crippen molar-refractivity contribution in [3.05, 3.63) is 54.6 Å². The van der Waals surface area contributed by atoms with E-state index in [4.69, 9.17) is 23.7 Å². The van der Waals surface area contributed by atoms with Gasteiger partial charge in [-0.15, -0.1) is 0 Å². The summed E-state index contributed by atoms with van der Waals surface area (Å²) in [5.74, 6) is 0.889. The normalized spacial score (nSPS) is 19.3. The van der Waals surface area contributed by atoms with Gasteiger partial charge in [0.05, 0.1) is 18.8 Å². The predicted octanol–water partition coefficient (Wildman–Crippen LogP) is 5.72. The van der Waals surface area contributed by atoms with Crippen LogP contribution in [0.5, 0.6) is 5.75 Å². The number of benzene rings is 2. The summed E-state index contributed by atoms with van der Waals surface area (Å²) in [6.07, 6.45) is 3.31. The van der Waals surface area contributed by atoms with Gasteiger partial charge in [0.25, 0.3) is 0 Å². The molecule has 37 heavy (non-hydrogen) atoms. The van der Waals surface area contributed by atoms with Crippen LogP contribution in [0.15, 0.2) is 49.1 Å². The summed E-state index contributed by atoms with van der Waals surface area (Å²) in [6.45, 7) is 10.3. The van der Waals surface area contributed by atoms with E-state index in [9.17, 15) is 14.4 Å². The van der Waals surface area contributed by atoms with E-state index in [1.165, 1.54) is 6.42 Å². The fourth-order valence-corrected chi connectivity index (χ4v) is 4.54. The molecule has 3 atom stereocenters. The molecule has 200 valence electrons. The molecule has 2 aromatic rings. The molecule has 1 aliphatic rings. The Balaban J connectivity index is 1.49. The van der Waals surface area contributed by atoms with E-state index in [1.54, 1.807) is 36.4 Å². The molecular formula is C29H36O8. The van der Waals surface area contributed by atoms with Crippen LogP contribution in [-0.4, -0.2) is 50.6 Å². The number of rotatable bonds is 11. The van der Waals surface area contributed by atoms with Crippen LogP contribution in [0, 0.1) is 17.8 Å². The summed E-state index contributed by atoms with van der Waals surface area (Å²) in [5, 5.41) is 1.64. The summed E-state index contributed by atoms with van der Waals surface area (Å²) in [5.41, 5.74) is 0.501. The minimum atomic E-state index is -0.859. The molecule has 0 spiro atoms. The van der Waals surface area contributed by atoms with Crippen LogP contribution in [0.1, 0.15) is 50.4 Å². The number of carbonyl (C=O) groups is 3. The Morgan fingerprint density at radius 2 is 1.68 bits per heavy atom. The molecule has 1 saturated carbocycles. The van der Waals surface area contributed by atoms with Gasteiger partial charge >= 0.3 is 18.1 Å². The van der Waals surface area contributed by atoms with Crippen molar-refractivity contribution in [2.45, 2.75) is 46.1 Å². The number of fused-ring (bicyclic) bond motifs is 1. The van der Waals surface area contributed by atoms with E-state index in [2.05, 4.69) is 27.4 Å². The van der Waals surface area contributed by atoms with Crippen LogP contribution < -0.4 is 4.74 Å². The van der Waals surface area contributed by atoms with Gasteiger partial charge in [-0.1, -0.05) is 45.9 Å². The molecule has 0 aliphatic heterocycles. The highest BCUT2D eigenvalue weighted by Gasteiger charge is 2.33. The lowest BCUT2D eigenvalue weighted by atomic mass is 9.75. The first-order chi connectivity index (χ1) is 17.8. The van der Waals surface area contributed by atoms with Gasteiger partial charge in [-0.3, -0.25) is 0 Å². The minimum Gasteiger partial charge on any atom is -0.460 e. The van der Waals surface area contributed by atoms with Crippen molar-refractivity contribution in [1.29, 1.82) is 0 Å². The van der Waals surface area contributed by atoms with Gasteiger partial charge in [-0.25, -0.2) is 14.4 Å². The zero-order valence-corrected chi connectivity index (χ0v) is 21.8. The third-order valence-corrected chi connectivity index (χ3v) is 6.55. The van der Waals surface area contributed by atoms with E-state index in [0.29, 0.717) is 29.1 Å². The van der Waals surface area contributed by atoms with E-state index >= 15 is 0 Å². The van der Waals surface area contributed by atoms with E-state index in [0.717, 1.165) is 29.7 Å². The Labute approximate surface area is 217 Å². The van der Waals surface area contributed by atoms with E-state index < -0.39 is 12.1 Å². The van der Waals surface area contributed by atoms with Crippen LogP contribution in [0.4, 0.5) is 4.79 Å². The molecule has 8 nitrogen and oxygen atoms in total. The first-order valence-corrected chi connectivity index (χ1v) is 12.7. The van der Waals surface area contributed by atoms with Crippen molar-refractivity contribution in [3.8, 4) is 5.75 Å². The summed E-state index contributed by atoms with van der Waals surface area (Å²) >= 11 is 0. The molecule has 0 amide bonds. The predicted molar refractivity (Wildman–Crippen MR) is 138 cm³/mol. The quantitative estimate of drug-likeness (QED) is 0.124. The van der Waals surface area contributed by atoms with Crippen molar-refractivity contribution in [1.82, 2.24) is 0 Å². The molecule has 8 heteroatoms. The molecule has 0 heterocycles. The molecule has 3 unspecified atom stereocenters. The van der Waals surface area contributed by atoms with Crippen LogP contribution in [0.2, 0.25) is 0 Å². The zero-order chi connectivity index (χ0) is 26.8. The second kappa shape index (κ2) is 13.8. The highest BCUT2D eigenvalue weighted by Crippen LogP contribution is 2.36. The maximum absolute atomic E-state index is 12.9. The zero-order valence-electron chi connectivity index (χ0n) is 21.8. The van der Waals surface area contributed by atoms with E-state index in [-0.39, 0.29) is 38.5 Å². The van der Waals surface area contributed by atoms with Crippen LogP contribution in [0.25, 0.3) is 10.8 Å². The molecule has 0 bridgehead atoms. The molecular weight excluding hydrogens is 476 g/mol. The largest absolute Gasteiger partial charge is 0.513 e. The molecule has 1 aliphatic carbocycles. The van der Waals surface area contributed by atoms with Gasteiger partial charge in [0.2, 0.25) is 0 Å². The van der Waals surface area contributed by atoms with Crippen LogP contribution in [-0.2, 0) is 23.7 Å². The summed E-state index contributed by atoms with van der Waals surface area (Å²) in [4.78, 5) is 35.8. The first kappa shape index (κ1) is 28.2. The smallest absolute Gasteiger partial charge is 0.460 e. The maximum atomic E-state index is 12.9. The first-order valence-electron chi connectivity index (χ1n) is 12.7. The molecule has 0 radical (unpaired) electrons. The topological polar surface area (TPSA) is 97.4 Å². The van der Waals surface area contributed by atoms with Crippen molar-refractivity contribution >= 4 is 28.9 Å². The molecule has 0 N–H and O–H groups in total. The fourth-order valence-electron chi connectivity index (χ4n) is 4.54. The molecule has 2 aromatic carbocycles. The van der Waals surface area contributed by atoms with Crippen molar-refractivity contribution in [3.63, 3.8) is 0 Å². The summed E-state index contributed by atoms with van der Waals surface area (Å²) in [6, 6.07) is 10.4. The third kappa shape index (κ3) is 8.60. The lowest BCUT2D eigenvalue weighted by Gasteiger charge is -2.36. The Bertz CT molecular complexity index is 1090.